The Morgan fingerprint density at radius 3 is 2.94 bits per heavy atom. The van der Waals surface area contributed by atoms with Crippen molar-refractivity contribution in [3.05, 3.63) is 16.4 Å². The van der Waals surface area contributed by atoms with Crippen LogP contribution in [0.4, 0.5) is 11.5 Å². The molecule has 88 valence electrons. The maximum atomic E-state index is 10.8. The highest BCUT2D eigenvalue weighted by molar-refractivity contribution is 8.00. The molecule has 1 atom stereocenters. The molecule has 1 unspecified atom stereocenters. The molecule has 0 spiro atoms. The predicted octanol–water partition coefficient (Wildman–Crippen LogP) is 0.143. The number of aromatic nitrogens is 2. The fraction of sp³-hybridized carbons (Fsp3) is 0.429. The second kappa shape index (κ2) is 5.58. The van der Waals surface area contributed by atoms with E-state index in [1.807, 2.05) is 0 Å². The van der Waals surface area contributed by atoms with E-state index in [9.17, 15) is 10.1 Å². The fourth-order valence-corrected chi connectivity index (χ4v) is 1.79. The number of nitrogens with one attached hydrogen (secondary N) is 1. The van der Waals surface area contributed by atoms with Crippen LogP contribution in [0.15, 0.2) is 11.4 Å². The van der Waals surface area contributed by atoms with Gasteiger partial charge in [-0.05, 0) is 0 Å². The molecule has 0 saturated carbocycles. The second-order valence-electron chi connectivity index (χ2n) is 2.89. The van der Waals surface area contributed by atoms with E-state index in [4.69, 9.17) is 10.9 Å². The summed E-state index contributed by atoms with van der Waals surface area (Å²) in [7, 11) is 0. The van der Waals surface area contributed by atoms with Crippen molar-refractivity contribution in [3.8, 4) is 0 Å². The van der Waals surface area contributed by atoms with E-state index in [2.05, 4.69) is 15.4 Å². The SMILES string of the molecule is CC(CO)Sc1ncnc(NN)c1[N+](=O)[O-]. The summed E-state index contributed by atoms with van der Waals surface area (Å²) >= 11 is 1.09. The van der Waals surface area contributed by atoms with E-state index < -0.39 is 4.92 Å². The van der Waals surface area contributed by atoms with Gasteiger partial charge in [0.15, 0.2) is 5.03 Å². The molecule has 0 aliphatic rings. The van der Waals surface area contributed by atoms with Gasteiger partial charge >= 0.3 is 5.69 Å². The van der Waals surface area contributed by atoms with Crippen molar-refractivity contribution >= 4 is 23.3 Å². The van der Waals surface area contributed by atoms with E-state index in [0.29, 0.717) is 0 Å². The van der Waals surface area contributed by atoms with E-state index in [1.165, 1.54) is 6.33 Å². The van der Waals surface area contributed by atoms with E-state index >= 15 is 0 Å². The molecule has 0 fully saturated rings. The number of aliphatic hydroxyl groups excluding tert-OH is 1. The number of thioether (sulfide) groups is 1. The highest BCUT2D eigenvalue weighted by Gasteiger charge is 2.23. The molecule has 0 aliphatic heterocycles. The Balaban J connectivity index is 3.12. The van der Waals surface area contributed by atoms with Gasteiger partial charge < -0.3 is 10.5 Å². The number of rotatable bonds is 5. The first-order valence-electron chi connectivity index (χ1n) is 4.33. The third-order valence-corrected chi connectivity index (χ3v) is 2.75. The van der Waals surface area contributed by atoms with Crippen LogP contribution in [0.25, 0.3) is 0 Å². The van der Waals surface area contributed by atoms with Crippen LogP contribution < -0.4 is 11.3 Å². The van der Waals surface area contributed by atoms with Gasteiger partial charge in [-0.15, -0.1) is 0 Å². The Kier molecular flexibility index (Phi) is 4.40. The van der Waals surface area contributed by atoms with Gasteiger partial charge in [0.1, 0.15) is 6.33 Å². The van der Waals surface area contributed by atoms with Crippen molar-refractivity contribution in [1.29, 1.82) is 0 Å². The third-order valence-electron chi connectivity index (χ3n) is 1.68. The zero-order chi connectivity index (χ0) is 12.1. The molecule has 0 amide bonds. The topological polar surface area (TPSA) is 127 Å². The lowest BCUT2D eigenvalue weighted by Crippen LogP contribution is -2.12. The molecule has 1 heterocycles. The number of hydrazine groups is 1. The Morgan fingerprint density at radius 2 is 2.44 bits per heavy atom. The normalized spacial score (nSPS) is 12.2. The van der Waals surface area contributed by atoms with Gasteiger partial charge in [0, 0.05) is 5.25 Å². The van der Waals surface area contributed by atoms with Gasteiger partial charge in [0.25, 0.3) is 0 Å². The summed E-state index contributed by atoms with van der Waals surface area (Å²) < 4.78 is 0. The van der Waals surface area contributed by atoms with Crippen LogP contribution in [0, 0.1) is 10.1 Å². The minimum Gasteiger partial charge on any atom is -0.395 e. The molecular formula is C7H11N5O3S. The van der Waals surface area contributed by atoms with Crippen molar-refractivity contribution in [2.75, 3.05) is 12.0 Å². The Labute approximate surface area is 95.4 Å². The second-order valence-corrected chi connectivity index (χ2v) is 4.32. The number of aliphatic hydroxyl groups is 1. The summed E-state index contributed by atoms with van der Waals surface area (Å²) in [5.41, 5.74) is 1.86. The van der Waals surface area contributed by atoms with Gasteiger partial charge in [-0.3, -0.25) is 10.1 Å². The molecule has 1 aromatic heterocycles. The number of anilines is 1. The Hall–Kier alpha value is -1.45. The van der Waals surface area contributed by atoms with Gasteiger partial charge in [0.2, 0.25) is 5.82 Å². The first-order valence-corrected chi connectivity index (χ1v) is 5.21. The molecule has 1 aromatic rings. The lowest BCUT2D eigenvalue weighted by atomic mass is 10.5. The van der Waals surface area contributed by atoms with Crippen LogP contribution >= 0.6 is 11.8 Å². The highest BCUT2D eigenvalue weighted by atomic mass is 32.2. The summed E-state index contributed by atoms with van der Waals surface area (Å²) in [5, 5.41) is 19.7. The van der Waals surface area contributed by atoms with Crippen LogP contribution in [0.3, 0.4) is 0 Å². The van der Waals surface area contributed by atoms with E-state index in [-0.39, 0.29) is 28.4 Å². The molecule has 0 aliphatic carbocycles. The van der Waals surface area contributed by atoms with Gasteiger partial charge in [-0.1, -0.05) is 18.7 Å². The van der Waals surface area contributed by atoms with E-state index in [0.717, 1.165) is 11.8 Å². The average Bonchev–Trinajstić information content (AvgIpc) is 2.28. The van der Waals surface area contributed by atoms with Crippen molar-refractivity contribution < 1.29 is 10.0 Å². The van der Waals surface area contributed by atoms with Crippen LogP contribution in [-0.2, 0) is 0 Å². The molecule has 9 heteroatoms. The van der Waals surface area contributed by atoms with Crippen molar-refractivity contribution in [2.24, 2.45) is 5.84 Å². The number of nitrogens with two attached hydrogens (primary N) is 1. The highest BCUT2D eigenvalue weighted by Crippen LogP contribution is 2.33. The van der Waals surface area contributed by atoms with E-state index in [1.54, 1.807) is 6.92 Å². The van der Waals surface area contributed by atoms with Gasteiger partial charge in [-0.25, -0.2) is 15.8 Å². The van der Waals surface area contributed by atoms with Gasteiger partial charge in [-0.2, -0.15) is 0 Å². The molecular weight excluding hydrogens is 234 g/mol. The average molecular weight is 245 g/mol. The molecule has 1 rings (SSSR count). The molecule has 8 nitrogen and oxygen atoms in total. The summed E-state index contributed by atoms with van der Waals surface area (Å²) in [6.45, 7) is 1.63. The monoisotopic (exact) mass is 245 g/mol. The summed E-state index contributed by atoms with van der Waals surface area (Å²) in [6.07, 6.45) is 1.18. The fourth-order valence-electron chi connectivity index (χ4n) is 0.947. The quantitative estimate of drug-likeness (QED) is 0.220. The smallest absolute Gasteiger partial charge is 0.344 e. The van der Waals surface area contributed by atoms with Crippen LogP contribution in [-0.4, -0.2) is 31.9 Å². The molecule has 0 saturated heterocycles. The van der Waals surface area contributed by atoms with Crippen molar-refractivity contribution in [3.63, 3.8) is 0 Å². The lowest BCUT2D eigenvalue weighted by molar-refractivity contribution is -0.387. The standard InChI is InChI=1S/C7H11N5O3S/c1-4(2-13)16-7-5(12(14)15)6(11-8)9-3-10-7/h3-4,13H,2,8H2,1H3,(H,9,10,11). The number of hydrogen-bond acceptors (Lipinski definition) is 8. The summed E-state index contributed by atoms with van der Waals surface area (Å²) in [5.74, 6) is 5.07. The molecule has 4 N–H and O–H groups in total. The Bertz CT molecular complexity index is 388. The molecule has 0 radical (unpaired) electrons. The van der Waals surface area contributed by atoms with Crippen LogP contribution in [0.5, 0.6) is 0 Å². The Morgan fingerprint density at radius 1 is 1.75 bits per heavy atom. The molecule has 0 bridgehead atoms. The summed E-state index contributed by atoms with van der Waals surface area (Å²) in [6, 6.07) is 0. The first-order chi connectivity index (χ1) is 7.60. The van der Waals surface area contributed by atoms with Gasteiger partial charge in [0.05, 0.1) is 11.5 Å². The summed E-state index contributed by atoms with van der Waals surface area (Å²) in [4.78, 5) is 17.7. The molecule has 0 aromatic carbocycles. The van der Waals surface area contributed by atoms with Crippen molar-refractivity contribution in [1.82, 2.24) is 9.97 Å². The number of hydrogen-bond donors (Lipinski definition) is 3. The van der Waals surface area contributed by atoms with Crippen LogP contribution in [0.2, 0.25) is 0 Å². The zero-order valence-electron chi connectivity index (χ0n) is 8.45. The van der Waals surface area contributed by atoms with Crippen molar-refractivity contribution in [2.45, 2.75) is 17.2 Å². The maximum Gasteiger partial charge on any atom is 0.344 e. The van der Waals surface area contributed by atoms with Crippen LogP contribution in [0.1, 0.15) is 6.92 Å². The third kappa shape index (κ3) is 2.78. The number of nitrogens with zero attached hydrogens (tertiary/aromatic N) is 3. The maximum absolute atomic E-state index is 10.8. The number of nitro groups is 1. The lowest BCUT2D eigenvalue weighted by Gasteiger charge is -2.08. The molecule has 16 heavy (non-hydrogen) atoms. The minimum atomic E-state index is -0.610. The number of nitrogen functional groups attached to an aromatic ring is 1. The largest absolute Gasteiger partial charge is 0.395 e. The zero-order valence-corrected chi connectivity index (χ0v) is 9.27. The minimum absolute atomic E-state index is 0.0485. The predicted molar refractivity (Wildman–Crippen MR) is 58.9 cm³/mol. The first kappa shape index (κ1) is 12.6.